The minimum absolute atomic E-state index is 0.0157. The topological polar surface area (TPSA) is 0 Å². The summed E-state index contributed by atoms with van der Waals surface area (Å²) in [5.74, 6) is -5.00. The van der Waals surface area contributed by atoms with Gasteiger partial charge in [-0.05, 0) is 59.2 Å². The Morgan fingerprint density at radius 3 is 1.94 bits per heavy atom. The van der Waals surface area contributed by atoms with Gasteiger partial charge in [0.2, 0.25) is 0 Å². The Morgan fingerprint density at radius 1 is 0.657 bits per heavy atom. The van der Waals surface area contributed by atoms with Crippen LogP contribution in [0.25, 0.3) is 33.0 Å². The molecule has 4 rings (SSSR count). The summed E-state index contributed by atoms with van der Waals surface area (Å²) in [6, 6.07) is 12.1. The lowest BCUT2D eigenvalue weighted by Crippen LogP contribution is -1.96. The number of rotatable bonds is 8. The van der Waals surface area contributed by atoms with E-state index in [1.54, 1.807) is 12.1 Å². The van der Waals surface area contributed by atoms with Crippen molar-refractivity contribution in [2.24, 2.45) is 0 Å². The monoisotopic (exact) mass is 502 g/mol. The maximum absolute atomic E-state index is 15.4. The van der Waals surface area contributed by atoms with Gasteiger partial charge in [-0.2, -0.15) is 0 Å². The molecular weight excluding hydrogens is 479 g/mol. The molecule has 182 valence electrons. The highest BCUT2D eigenvalue weighted by Gasteiger charge is 2.19. The van der Waals surface area contributed by atoms with E-state index in [0.717, 1.165) is 49.1 Å². The molecule has 0 heterocycles. The van der Waals surface area contributed by atoms with Crippen LogP contribution in [0.4, 0.5) is 22.0 Å². The van der Waals surface area contributed by atoms with Crippen molar-refractivity contribution in [2.45, 2.75) is 45.4 Å². The third kappa shape index (κ3) is 5.35. The summed E-state index contributed by atoms with van der Waals surface area (Å²) in [7, 11) is 0. The van der Waals surface area contributed by atoms with Crippen LogP contribution in [-0.4, -0.2) is 0 Å². The Morgan fingerprint density at radius 2 is 1.29 bits per heavy atom. The van der Waals surface area contributed by atoms with Gasteiger partial charge >= 0.3 is 0 Å². The fraction of sp³-hybridized carbons (Fsp3) is 0.241. The molecular formula is C29H24ClF5. The van der Waals surface area contributed by atoms with Gasteiger partial charge in [-0.3, -0.25) is 0 Å². The van der Waals surface area contributed by atoms with Gasteiger partial charge in [0.05, 0.1) is 5.56 Å². The number of unbranched alkanes of at least 4 members (excludes halogenated alkanes) is 4. The minimum atomic E-state index is -1.13. The van der Waals surface area contributed by atoms with E-state index in [0.29, 0.717) is 10.8 Å². The van der Waals surface area contributed by atoms with Crippen molar-refractivity contribution in [1.29, 1.82) is 0 Å². The summed E-state index contributed by atoms with van der Waals surface area (Å²) >= 11 is 5.46. The van der Waals surface area contributed by atoms with E-state index in [4.69, 9.17) is 11.6 Å². The van der Waals surface area contributed by atoms with Crippen molar-refractivity contribution in [1.82, 2.24) is 0 Å². The molecule has 0 fully saturated rings. The van der Waals surface area contributed by atoms with Crippen LogP contribution < -0.4 is 0 Å². The Balaban J connectivity index is 1.65. The summed E-state index contributed by atoms with van der Waals surface area (Å²) in [4.78, 5) is 0. The first-order valence-electron chi connectivity index (χ1n) is 11.7. The second-order valence-electron chi connectivity index (χ2n) is 8.72. The van der Waals surface area contributed by atoms with Gasteiger partial charge in [0.15, 0.2) is 0 Å². The maximum Gasteiger partial charge on any atom is 0.145 e. The molecule has 0 spiro atoms. The molecule has 0 aliphatic carbocycles. The predicted molar refractivity (Wildman–Crippen MR) is 132 cm³/mol. The molecule has 0 saturated carbocycles. The highest BCUT2D eigenvalue weighted by atomic mass is 35.5. The zero-order chi connectivity index (χ0) is 25.1. The van der Waals surface area contributed by atoms with Crippen LogP contribution in [0.3, 0.4) is 0 Å². The fourth-order valence-corrected chi connectivity index (χ4v) is 4.47. The van der Waals surface area contributed by atoms with Crippen LogP contribution in [-0.2, 0) is 6.42 Å². The summed E-state index contributed by atoms with van der Waals surface area (Å²) in [5, 5.41) is 0.301. The normalized spacial score (nSPS) is 11.4. The molecule has 4 aromatic rings. The third-order valence-electron chi connectivity index (χ3n) is 6.21. The molecule has 0 saturated heterocycles. The van der Waals surface area contributed by atoms with Crippen LogP contribution in [0.15, 0.2) is 54.6 Å². The molecule has 0 aliphatic heterocycles. The quantitative estimate of drug-likeness (QED) is 0.128. The number of halogens is 6. The average Bonchev–Trinajstić information content (AvgIpc) is 2.82. The van der Waals surface area contributed by atoms with E-state index in [9.17, 15) is 17.6 Å². The van der Waals surface area contributed by atoms with Gasteiger partial charge in [0.1, 0.15) is 34.1 Å². The molecule has 6 heteroatoms. The van der Waals surface area contributed by atoms with Crippen molar-refractivity contribution >= 4 is 22.4 Å². The van der Waals surface area contributed by atoms with Crippen LogP contribution in [0.1, 0.15) is 44.6 Å². The SMILES string of the molecule is CCCCCCCc1ccc2c(F)c(-c3cc(F)c(-c4cc(F)c(Cl)c(F)c4)c(F)c3)ccc2c1. The van der Waals surface area contributed by atoms with Crippen molar-refractivity contribution in [3.8, 4) is 22.3 Å². The number of hydrogen-bond acceptors (Lipinski definition) is 0. The van der Waals surface area contributed by atoms with Gasteiger partial charge in [-0.25, -0.2) is 22.0 Å². The zero-order valence-electron chi connectivity index (χ0n) is 19.2. The standard InChI is InChI=1S/C29H24ClF5/c1-2-3-4-5-6-7-17-8-10-21-18(12-17)9-11-22(29(21)35)19-13-23(31)27(24(32)14-19)20-15-25(33)28(30)26(34)16-20/h8-16H,2-7H2,1H3. The zero-order valence-corrected chi connectivity index (χ0v) is 20.0. The van der Waals surface area contributed by atoms with Crippen molar-refractivity contribution < 1.29 is 22.0 Å². The molecule has 4 aromatic carbocycles. The lowest BCUT2D eigenvalue weighted by atomic mass is 9.95. The summed E-state index contributed by atoms with van der Waals surface area (Å²) in [6.45, 7) is 2.17. The third-order valence-corrected chi connectivity index (χ3v) is 6.57. The van der Waals surface area contributed by atoms with Crippen LogP contribution >= 0.6 is 11.6 Å². The lowest BCUT2D eigenvalue weighted by Gasteiger charge is -2.12. The Bertz CT molecular complexity index is 1330. The van der Waals surface area contributed by atoms with E-state index in [1.165, 1.54) is 25.3 Å². The molecule has 35 heavy (non-hydrogen) atoms. The molecule has 0 bridgehead atoms. The molecule has 0 atom stereocenters. The highest BCUT2D eigenvalue weighted by Crippen LogP contribution is 2.36. The van der Waals surface area contributed by atoms with E-state index < -0.39 is 39.7 Å². The maximum atomic E-state index is 15.4. The number of benzene rings is 4. The van der Waals surface area contributed by atoms with Crippen molar-refractivity contribution in [3.63, 3.8) is 0 Å². The second kappa shape index (κ2) is 10.8. The van der Waals surface area contributed by atoms with E-state index in [2.05, 4.69) is 6.92 Å². The second-order valence-corrected chi connectivity index (χ2v) is 9.09. The molecule has 0 radical (unpaired) electrons. The number of hydrogen-bond donors (Lipinski definition) is 0. The summed E-state index contributed by atoms with van der Waals surface area (Å²) < 4.78 is 72.8. The molecule has 0 nitrogen and oxygen atoms in total. The fourth-order valence-electron chi connectivity index (χ4n) is 4.36. The highest BCUT2D eigenvalue weighted by molar-refractivity contribution is 6.31. The minimum Gasteiger partial charge on any atom is -0.206 e. The van der Waals surface area contributed by atoms with Gasteiger partial charge < -0.3 is 0 Å². The van der Waals surface area contributed by atoms with Crippen molar-refractivity contribution in [2.75, 3.05) is 0 Å². The number of aryl methyl sites for hydroxylation is 1. The first-order valence-corrected chi connectivity index (χ1v) is 12.0. The van der Waals surface area contributed by atoms with Gasteiger partial charge in [0.25, 0.3) is 0 Å². The van der Waals surface area contributed by atoms with Crippen LogP contribution in [0.5, 0.6) is 0 Å². The van der Waals surface area contributed by atoms with Crippen LogP contribution in [0.2, 0.25) is 5.02 Å². The Kier molecular flexibility index (Phi) is 7.75. The average molecular weight is 503 g/mol. The summed E-state index contributed by atoms with van der Waals surface area (Å²) in [6.07, 6.45) is 6.75. The number of fused-ring (bicyclic) bond motifs is 1. The molecule has 0 N–H and O–H groups in total. The first kappa shape index (κ1) is 25.2. The Hall–Kier alpha value is -2.92. The first-order chi connectivity index (χ1) is 16.8. The molecule has 0 unspecified atom stereocenters. The van der Waals surface area contributed by atoms with E-state index >= 15 is 4.39 Å². The largest absolute Gasteiger partial charge is 0.206 e. The van der Waals surface area contributed by atoms with Crippen molar-refractivity contribution in [3.05, 3.63) is 94.3 Å². The Labute approximate surface area is 206 Å². The van der Waals surface area contributed by atoms with Gasteiger partial charge in [-0.1, -0.05) is 74.5 Å². The van der Waals surface area contributed by atoms with Crippen LogP contribution in [0, 0.1) is 29.1 Å². The predicted octanol–water partition coefficient (Wildman–Crippen LogP) is 10.0. The molecule has 0 aliphatic rings. The molecule has 0 aromatic heterocycles. The summed E-state index contributed by atoms with van der Waals surface area (Å²) in [5.41, 5.74) is 0.172. The molecule has 0 amide bonds. The smallest absolute Gasteiger partial charge is 0.145 e. The lowest BCUT2D eigenvalue weighted by molar-refractivity contribution is 0.579. The van der Waals surface area contributed by atoms with E-state index in [-0.39, 0.29) is 16.7 Å². The van der Waals surface area contributed by atoms with Gasteiger partial charge in [0, 0.05) is 10.9 Å². The van der Waals surface area contributed by atoms with E-state index in [1.807, 2.05) is 12.1 Å². The van der Waals surface area contributed by atoms with Gasteiger partial charge in [-0.15, -0.1) is 0 Å².